The van der Waals surface area contributed by atoms with Crippen LogP contribution in [0, 0.1) is 0 Å². The van der Waals surface area contributed by atoms with Crippen LogP contribution in [0.25, 0.3) is 0 Å². The van der Waals surface area contributed by atoms with Crippen LogP contribution in [0.1, 0.15) is 31.9 Å². The van der Waals surface area contributed by atoms with Crippen LogP contribution < -0.4 is 4.72 Å². The van der Waals surface area contributed by atoms with Gasteiger partial charge in [0, 0.05) is 6.42 Å². The van der Waals surface area contributed by atoms with Crippen molar-refractivity contribution >= 4 is 11.0 Å². The molecule has 2 aromatic carbocycles. The molecular formula is C19H22F3NOS. The molecule has 0 aliphatic rings. The highest BCUT2D eigenvalue weighted by Crippen LogP contribution is 2.42. The Morgan fingerprint density at radius 2 is 1.36 bits per heavy atom. The number of benzene rings is 2. The first-order valence-corrected chi connectivity index (χ1v) is 9.07. The van der Waals surface area contributed by atoms with Crippen LogP contribution in [0.2, 0.25) is 0 Å². The summed E-state index contributed by atoms with van der Waals surface area (Å²) in [5.74, 6) is 0. The van der Waals surface area contributed by atoms with Crippen molar-refractivity contribution in [2.75, 3.05) is 0 Å². The zero-order chi connectivity index (χ0) is 18.7. The second-order valence-corrected chi connectivity index (χ2v) is 8.88. The molecule has 0 amide bonds. The van der Waals surface area contributed by atoms with Gasteiger partial charge in [0.25, 0.3) is 0 Å². The smallest absolute Gasteiger partial charge is 0.242 e. The van der Waals surface area contributed by atoms with Crippen LogP contribution in [0.4, 0.5) is 13.2 Å². The monoisotopic (exact) mass is 369 g/mol. The molecule has 0 spiro atoms. The number of hydrogen-bond acceptors (Lipinski definition) is 1. The van der Waals surface area contributed by atoms with Gasteiger partial charge < -0.3 is 0 Å². The fraction of sp³-hybridized carbons (Fsp3) is 0.368. The maximum absolute atomic E-state index is 14.3. The minimum absolute atomic E-state index is 0.0453. The van der Waals surface area contributed by atoms with E-state index in [-0.39, 0.29) is 12.0 Å². The van der Waals surface area contributed by atoms with E-state index in [2.05, 4.69) is 4.72 Å². The van der Waals surface area contributed by atoms with E-state index >= 15 is 0 Å². The number of rotatable bonds is 5. The van der Waals surface area contributed by atoms with Gasteiger partial charge in [0.15, 0.2) is 5.54 Å². The van der Waals surface area contributed by atoms with E-state index in [1.165, 1.54) is 12.1 Å². The van der Waals surface area contributed by atoms with E-state index in [9.17, 15) is 17.4 Å². The molecule has 0 aliphatic carbocycles. The minimum Gasteiger partial charge on any atom is -0.242 e. The maximum Gasteiger partial charge on any atom is 0.411 e. The van der Waals surface area contributed by atoms with E-state index in [1.807, 2.05) is 0 Å². The number of alkyl halides is 3. The molecule has 0 heterocycles. The highest BCUT2D eigenvalue weighted by atomic mass is 32.2. The third-order valence-electron chi connectivity index (χ3n) is 3.89. The van der Waals surface area contributed by atoms with Crippen molar-refractivity contribution in [1.82, 2.24) is 4.72 Å². The Kier molecular flexibility index (Phi) is 5.74. The summed E-state index contributed by atoms with van der Waals surface area (Å²) in [5.41, 5.74) is -1.88. The van der Waals surface area contributed by atoms with Crippen LogP contribution in [-0.4, -0.2) is 15.1 Å². The van der Waals surface area contributed by atoms with Crippen molar-refractivity contribution in [3.8, 4) is 0 Å². The zero-order valence-corrected chi connectivity index (χ0v) is 15.2. The lowest BCUT2D eigenvalue weighted by Gasteiger charge is -2.38. The molecule has 0 fully saturated rings. The van der Waals surface area contributed by atoms with Crippen molar-refractivity contribution in [2.24, 2.45) is 0 Å². The second kappa shape index (κ2) is 7.30. The molecule has 1 N–H and O–H groups in total. The first-order valence-electron chi connectivity index (χ1n) is 7.92. The average Bonchev–Trinajstić information content (AvgIpc) is 2.54. The molecule has 2 nitrogen and oxygen atoms in total. The molecule has 2 atom stereocenters. The lowest BCUT2D eigenvalue weighted by atomic mass is 9.84. The molecule has 0 aliphatic heterocycles. The van der Waals surface area contributed by atoms with Crippen LogP contribution in [0.5, 0.6) is 0 Å². The third-order valence-corrected chi connectivity index (χ3v) is 5.53. The topological polar surface area (TPSA) is 29.1 Å². The highest BCUT2D eigenvalue weighted by Gasteiger charge is 2.57. The molecule has 0 aromatic heterocycles. The molecule has 0 saturated heterocycles. The van der Waals surface area contributed by atoms with Crippen molar-refractivity contribution in [3.63, 3.8) is 0 Å². The van der Waals surface area contributed by atoms with E-state index in [0.717, 1.165) is 0 Å². The van der Waals surface area contributed by atoms with Gasteiger partial charge in [-0.25, -0.2) is 8.93 Å². The van der Waals surface area contributed by atoms with Gasteiger partial charge in [0.2, 0.25) is 0 Å². The SMILES string of the molecule is CC(C)(C)[S@](=O)N[C@@](Cc1ccccc1)(c1ccccc1)C(F)(F)F. The lowest BCUT2D eigenvalue weighted by molar-refractivity contribution is -0.194. The standard InChI is InChI=1S/C19H22F3NOS/c1-17(2,3)25(24)23-18(19(20,21)22,16-12-8-5-9-13-16)14-15-10-6-4-7-11-15/h4-13,23H,14H2,1-3H3/t18-,25-/m0/s1. The van der Waals surface area contributed by atoms with E-state index < -0.39 is 27.4 Å². The Hall–Kier alpha value is -1.66. The van der Waals surface area contributed by atoms with Gasteiger partial charge in [-0.15, -0.1) is 0 Å². The van der Waals surface area contributed by atoms with Gasteiger partial charge in [-0.3, -0.25) is 0 Å². The fourth-order valence-corrected chi connectivity index (χ4v) is 3.38. The highest BCUT2D eigenvalue weighted by molar-refractivity contribution is 7.84. The van der Waals surface area contributed by atoms with Gasteiger partial charge in [0.1, 0.15) is 0 Å². The van der Waals surface area contributed by atoms with E-state index in [4.69, 9.17) is 0 Å². The minimum atomic E-state index is -4.63. The quantitative estimate of drug-likeness (QED) is 0.810. The molecular weight excluding hydrogens is 347 g/mol. The zero-order valence-electron chi connectivity index (χ0n) is 14.4. The lowest BCUT2D eigenvalue weighted by Crippen LogP contribution is -2.58. The first kappa shape index (κ1) is 19.7. The normalized spacial score (nSPS) is 16.2. The van der Waals surface area contributed by atoms with Crippen LogP contribution >= 0.6 is 0 Å². The van der Waals surface area contributed by atoms with E-state index in [1.54, 1.807) is 69.3 Å². The van der Waals surface area contributed by atoms with Crippen LogP contribution in [-0.2, 0) is 22.9 Å². The number of nitrogens with one attached hydrogen (secondary N) is 1. The summed E-state index contributed by atoms with van der Waals surface area (Å²) < 4.78 is 57.1. The molecule has 2 aromatic rings. The molecule has 6 heteroatoms. The average molecular weight is 369 g/mol. The fourth-order valence-electron chi connectivity index (χ4n) is 2.45. The molecule has 25 heavy (non-hydrogen) atoms. The summed E-state index contributed by atoms with van der Waals surface area (Å²) in [5, 5.41) is 0. The Bertz CT molecular complexity index is 711. The predicted molar refractivity (Wildman–Crippen MR) is 95.4 cm³/mol. The molecule has 136 valence electrons. The van der Waals surface area contributed by atoms with Gasteiger partial charge >= 0.3 is 6.18 Å². The summed E-state index contributed by atoms with van der Waals surface area (Å²) in [6.07, 6.45) is -4.98. The molecule has 2 rings (SSSR count). The Balaban J connectivity index is 2.60. The predicted octanol–water partition coefficient (Wildman–Crippen LogP) is 4.74. The summed E-state index contributed by atoms with van der Waals surface area (Å²) in [4.78, 5) is 0. The Labute approximate surface area is 149 Å². The van der Waals surface area contributed by atoms with Crippen LogP contribution in [0.3, 0.4) is 0 Å². The van der Waals surface area contributed by atoms with Crippen molar-refractivity contribution < 1.29 is 17.4 Å². The van der Waals surface area contributed by atoms with Gasteiger partial charge in [-0.05, 0) is 31.9 Å². The summed E-state index contributed by atoms with van der Waals surface area (Å²) in [6.45, 7) is 4.93. The van der Waals surface area contributed by atoms with Crippen molar-refractivity contribution in [2.45, 2.75) is 43.7 Å². The summed E-state index contributed by atoms with van der Waals surface area (Å²) >= 11 is 0. The van der Waals surface area contributed by atoms with Crippen molar-refractivity contribution in [1.29, 1.82) is 0 Å². The van der Waals surface area contributed by atoms with E-state index in [0.29, 0.717) is 5.56 Å². The van der Waals surface area contributed by atoms with Gasteiger partial charge in [-0.2, -0.15) is 13.2 Å². The first-order chi connectivity index (χ1) is 11.6. The molecule has 0 radical (unpaired) electrons. The third kappa shape index (κ3) is 4.50. The van der Waals surface area contributed by atoms with Crippen LogP contribution in [0.15, 0.2) is 60.7 Å². The second-order valence-electron chi connectivity index (χ2n) is 6.91. The number of halogens is 3. The summed E-state index contributed by atoms with van der Waals surface area (Å²) in [6, 6.07) is 16.0. The van der Waals surface area contributed by atoms with Gasteiger partial charge in [-0.1, -0.05) is 60.7 Å². The molecule has 0 bridgehead atoms. The maximum atomic E-state index is 14.3. The Morgan fingerprint density at radius 3 is 1.80 bits per heavy atom. The number of hydrogen-bond donors (Lipinski definition) is 1. The van der Waals surface area contributed by atoms with Gasteiger partial charge in [0.05, 0.1) is 15.7 Å². The summed E-state index contributed by atoms with van der Waals surface area (Å²) in [7, 11) is -1.90. The Morgan fingerprint density at radius 1 is 0.880 bits per heavy atom. The largest absolute Gasteiger partial charge is 0.411 e. The van der Waals surface area contributed by atoms with Crippen molar-refractivity contribution in [3.05, 3.63) is 71.8 Å². The molecule has 0 saturated carbocycles. The molecule has 0 unspecified atom stereocenters.